The Morgan fingerprint density at radius 3 is 2.24 bits per heavy atom. The van der Waals surface area contributed by atoms with Gasteiger partial charge < -0.3 is 15.2 Å². The van der Waals surface area contributed by atoms with Gasteiger partial charge in [-0.1, -0.05) is 0 Å². The lowest BCUT2D eigenvalue weighted by Crippen LogP contribution is -2.27. The molecule has 0 bridgehead atoms. The lowest BCUT2D eigenvalue weighted by molar-refractivity contribution is -0.308. The van der Waals surface area contributed by atoms with Gasteiger partial charge in [0.25, 0.3) is 0 Å². The van der Waals surface area contributed by atoms with Gasteiger partial charge >= 0.3 is 0 Å². The third kappa shape index (κ3) is 2.58. The highest BCUT2D eigenvalue weighted by Crippen LogP contribution is 2.38. The number of hydrogen-bond donors (Lipinski definition) is 1. The SMILES string of the molecule is O=C([O-])[C@H]1C[C@@H]1C(=O)Nc1cc(F)cc(F)c1. The molecule has 1 aliphatic carbocycles. The molecule has 4 nitrogen and oxygen atoms in total. The number of carboxylic acid groups (broad SMARTS) is 1. The fraction of sp³-hybridized carbons (Fsp3) is 0.273. The Hall–Kier alpha value is -1.98. The molecule has 0 spiro atoms. The highest BCUT2D eigenvalue weighted by molar-refractivity contribution is 5.97. The molecule has 0 aliphatic heterocycles. The summed E-state index contributed by atoms with van der Waals surface area (Å²) in [6, 6.07) is 2.59. The number of nitrogens with one attached hydrogen (secondary N) is 1. The molecule has 2 rings (SSSR count). The van der Waals surface area contributed by atoms with E-state index in [4.69, 9.17) is 0 Å². The van der Waals surface area contributed by atoms with Crippen molar-refractivity contribution >= 4 is 17.6 Å². The van der Waals surface area contributed by atoms with Gasteiger partial charge in [0.15, 0.2) is 0 Å². The van der Waals surface area contributed by atoms with Crippen LogP contribution in [0.5, 0.6) is 0 Å². The fourth-order valence-electron chi connectivity index (χ4n) is 1.61. The van der Waals surface area contributed by atoms with Crippen LogP contribution in [0.1, 0.15) is 6.42 Å². The first-order valence-corrected chi connectivity index (χ1v) is 4.95. The normalized spacial score (nSPS) is 22.0. The average Bonchev–Trinajstić information content (AvgIpc) is 2.94. The zero-order valence-electron chi connectivity index (χ0n) is 8.57. The summed E-state index contributed by atoms with van der Waals surface area (Å²) in [7, 11) is 0. The number of halogens is 2. The molecule has 0 aromatic heterocycles. The number of amides is 1. The van der Waals surface area contributed by atoms with Crippen molar-refractivity contribution in [2.24, 2.45) is 11.8 Å². The molecule has 2 atom stereocenters. The summed E-state index contributed by atoms with van der Waals surface area (Å²) in [5.41, 5.74) is -0.0310. The molecule has 0 heterocycles. The summed E-state index contributed by atoms with van der Waals surface area (Å²) in [4.78, 5) is 21.9. The van der Waals surface area contributed by atoms with Gasteiger partial charge in [0, 0.05) is 29.6 Å². The van der Waals surface area contributed by atoms with Crippen LogP contribution in [0, 0.1) is 23.5 Å². The summed E-state index contributed by atoms with van der Waals surface area (Å²) in [5, 5.41) is 12.7. The van der Waals surface area contributed by atoms with E-state index in [0.717, 1.165) is 12.1 Å². The lowest BCUT2D eigenvalue weighted by atomic mass is 10.2. The maximum atomic E-state index is 12.8. The van der Waals surface area contributed by atoms with Gasteiger partial charge in [-0.2, -0.15) is 0 Å². The first-order valence-electron chi connectivity index (χ1n) is 4.95. The number of anilines is 1. The van der Waals surface area contributed by atoms with Gasteiger partial charge in [0.1, 0.15) is 11.6 Å². The van der Waals surface area contributed by atoms with Crippen LogP contribution in [-0.4, -0.2) is 11.9 Å². The maximum Gasteiger partial charge on any atom is 0.228 e. The Morgan fingerprint density at radius 2 is 1.76 bits per heavy atom. The molecule has 1 saturated carbocycles. The molecular formula is C11H8F2NO3-. The largest absolute Gasteiger partial charge is 0.550 e. The van der Waals surface area contributed by atoms with Crippen molar-refractivity contribution in [2.45, 2.75) is 6.42 Å². The first-order chi connectivity index (χ1) is 7.97. The van der Waals surface area contributed by atoms with Crippen molar-refractivity contribution in [3.05, 3.63) is 29.8 Å². The second-order valence-corrected chi connectivity index (χ2v) is 3.92. The number of hydrogen-bond acceptors (Lipinski definition) is 3. The zero-order chi connectivity index (χ0) is 12.6. The smallest absolute Gasteiger partial charge is 0.228 e. The van der Waals surface area contributed by atoms with E-state index in [0.29, 0.717) is 6.07 Å². The van der Waals surface area contributed by atoms with Gasteiger partial charge in [0.05, 0.1) is 0 Å². The number of carboxylic acids is 1. The van der Waals surface area contributed by atoms with Crippen LogP contribution in [0.25, 0.3) is 0 Å². The Bertz CT molecular complexity index is 469. The predicted molar refractivity (Wildman–Crippen MR) is 51.6 cm³/mol. The molecule has 0 saturated heterocycles. The number of carbonyl (C=O) groups excluding carboxylic acids is 2. The third-order valence-corrected chi connectivity index (χ3v) is 2.56. The molecule has 0 radical (unpaired) electrons. The molecule has 6 heteroatoms. The molecule has 0 unspecified atom stereocenters. The summed E-state index contributed by atoms with van der Waals surface area (Å²) in [5.74, 6) is -4.94. The molecule has 90 valence electrons. The van der Waals surface area contributed by atoms with Crippen LogP contribution in [0.4, 0.5) is 14.5 Å². The molecule has 1 N–H and O–H groups in total. The average molecular weight is 240 g/mol. The second kappa shape index (κ2) is 4.12. The molecule has 1 fully saturated rings. The third-order valence-electron chi connectivity index (χ3n) is 2.56. The van der Waals surface area contributed by atoms with Crippen LogP contribution in [0.2, 0.25) is 0 Å². The van der Waals surface area contributed by atoms with Crippen molar-refractivity contribution < 1.29 is 23.5 Å². The molecule has 17 heavy (non-hydrogen) atoms. The molecule has 1 aromatic rings. The lowest BCUT2D eigenvalue weighted by Gasteiger charge is -2.05. The van der Waals surface area contributed by atoms with E-state index in [-0.39, 0.29) is 12.1 Å². The summed E-state index contributed by atoms with van der Waals surface area (Å²) in [6.45, 7) is 0. The molecular weight excluding hydrogens is 232 g/mol. The maximum absolute atomic E-state index is 12.8. The number of carbonyl (C=O) groups is 2. The number of rotatable bonds is 3. The molecule has 1 aliphatic rings. The van der Waals surface area contributed by atoms with Crippen molar-refractivity contribution in [1.82, 2.24) is 0 Å². The summed E-state index contributed by atoms with van der Waals surface area (Å²) < 4.78 is 25.6. The van der Waals surface area contributed by atoms with Gasteiger partial charge in [-0.3, -0.25) is 4.79 Å². The zero-order valence-corrected chi connectivity index (χ0v) is 8.57. The topological polar surface area (TPSA) is 69.2 Å². The summed E-state index contributed by atoms with van der Waals surface area (Å²) >= 11 is 0. The number of benzene rings is 1. The van der Waals surface area contributed by atoms with Gasteiger partial charge in [-0.25, -0.2) is 8.78 Å². The van der Waals surface area contributed by atoms with Crippen molar-refractivity contribution in [2.75, 3.05) is 5.32 Å². The van der Waals surface area contributed by atoms with E-state index in [2.05, 4.69) is 5.32 Å². The van der Waals surface area contributed by atoms with Crippen molar-refractivity contribution in [3.63, 3.8) is 0 Å². The highest BCUT2D eigenvalue weighted by atomic mass is 19.1. The van der Waals surface area contributed by atoms with Crippen LogP contribution in [0.15, 0.2) is 18.2 Å². The van der Waals surface area contributed by atoms with E-state index in [9.17, 15) is 23.5 Å². The fourth-order valence-corrected chi connectivity index (χ4v) is 1.61. The molecule has 1 aromatic carbocycles. The van der Waals surface area contributed by atoms with E-state index < -0.39 is 35.3 Å². The Labute approximate surface area is 95.2 Å². The first kappa shape index (κ1) is 11.5. The van der Waals surface area contributed by atoms with Crippen molar-refractivity contribution in [1.29, 1.82) is 0 Å². The standard InChI is InChI=1S/C11H9F2NO3/c12-5-1-6(13)3-7(2-5)14-10(15)8-4-9(8)11(16)17/h1-3,8-9H,4H2,(H,14,15)(H,16,17)/p-1/t8-,9-/m0/s1. The number of aliphatic carboxylic acids is 1. The van der Waals surface area contributed by atoms with Crippen LogP contribution < -0.4 is 10.4 Å². The minimum Gasteiger partial charge on any atom is -0.550 e. The van der Waals surface area contributed by atoms with Gasteiger partial charge in [-0.05, 0) is 18.6 Å². The van der Waals surface area contributed by atoms with Gasteiger partial charge in [0.2, 0.25) is 5.91 Å². The summed E-state index contributed by atoms with van der Waals surface area (Å²) in [6.07, 6.45) is 0.200. The van der Waals surface area contributed by atoms with E-state index >= 15 is 0 Å². The predicted octanol–water partition coefficient (Wildman–Crippen LogP) is 0.289. The monoisotopic (exact) mass is 240 g/mol. The Balaban J connectivity index is 2.02. The Morgan fingerprint density at radius 1 is 1.18 bits per heavy atom. The minimum absolute atomic E-state index is 0.0310. The second-order valence-electron chi connectivity index (χ2n) is 3.92. The van der Waals surface area contributed by atoms with Crippen LogP contribution >= 0.6 is 0 Å². The van der Waals surface area contributed by atoms with E-state index in [1.165, 1.54) is 0 Å². The van der Waals surface area contributed by atoms with E-state index in [1.54, 1.807) is 0 Å². The van der Waals surface area contributed by atoms with Crippen molar-refractivity contribution in [3.8, 4) is 0 Å². The Kier molecular flexibility index (Phi) is 2.79. The quantitative estimate of drug-likeness (QED) is 0.825. The van der Waals surface area contributed by atoms with Crippen LogP contribution in [0.3, 0.4) is 0 Å². The minimum atomic E-state index is -1.28. The van der Waals surface area contributed by atoms with Crippen LogP contribution in [-0.2, 0) is 9.59 Å². The highest BCUT2D eigenvalue weighted by Gasteiger charge is 2.43. The van der Waals surface area contributed by atoms with E-state index in [1.807, 2.05) is 0 Å². The van der Waals surface area contributed by atoms with Gasteiger partial charge in [-0.15, -0.1) is 0 Å². The molecule has 1 amide bonds.